The number of hydrogen-bond donors (Lipinski definition) is 0. The highest BCUT2D eigenvalue weighted by atomic mass is 16.5. The van der Waals surface area contributed by atoms with Gasteiger partial charge >= 0.3 is 0 Å². The Labute approximate surface area is 169 Å². The molecule has 5 rings (SSSR count). The normalized spacial score (nSPS) is 14.7. The van der Waals surface area contributed by atoms with Gasteiger partial charge in [0.25, 0.3) is 0 Å². The molecule has 0 radical (unpaired) electrons. The van der Waals surface area contributed by atoms with Crippen molar-refractivity contribution in [1.29, 1.82) is 0 Å². The van der Waals surface area contributed by atoms with Crippen LogP contribution in [-0.2, 0) is 12.5 Å². The topological polar surface area (TPSA) is 62.1 Å². The Morgan fingerprint density at radius 1 is 0.897 bits per heavy atom. The first-order chi connectivity index (χ1) is 14.1. The lowest BCUT2D eigenvalue weighted by Gasteiger charge is -2.19. The lowest BCUT2D eigenvalue weighted by Crippen LogP contribution is -2.09. The summed E-state index contributed by atoms with van der Waals surface area (Å²) in [5, 5.41) is 4.24. The molecule has 0 spiro atoms. The summed E-state index contributed by atoms with van der Waals surface area (Å²) in [6.45, 7) is 0. The standard InChI is InChI=1S/C23H22N4O2/c1-27-14-15(12-25-27)22-13-24-20-5-4-16(10-21(20)26-22)23(6-7-23)17-8-18(28-2)11-19(9-17)29-3/h4-5,8-14H,6-7H2,1-3H3. The highest BCUT2D eigenvalue weighted by Gasteiger charge is 2.46. The average molecular weight is 386 g/mol. The van der Waals surface area contributed by atoms with Crippen LogP contribution in [0.4, 0.5) is 0 Å². The summed E-state index contributed by atoms with van der Waals surface area (Å²) in [5.74, 6) is 1.62. The van der Waals surface area contributed by atoms with Crippen molar-refractivity contribution >= 4 is 11.0 Å². The number of aromatic nitrogens is 4. The van der Waals surface area contributed by atoms with E-state index in [1.807, 2.05) is 25.5 Å². The molecule has 1 saturated carbocycles. The number of nitrogens with zero attached hydrogens (tertiary/aromatic N) is 4. The predicted octanol–water partition coefficient (Wildman–Crippen LogP) is 4.13. The number of methoxy groups -OCH3 is 2. The van der Waals surface area contributed by atoms with E-state index in [1.54, 1.807) is 25.1 Å². The summed E-state index contributed by atoms with van der Waals surface area (Å²) < 4.78 is 12.7. The molecule has 146 valence electrons. The Morgan fingerprint density at radius 2 is 1.66 bits per heavy atom. The fourth-order valence-electron chi connectivity index (χ4n) is 3.95. The minimum absolute atomic E-state index is 0.0258. The van der Waals surface area contributed by atoms with E-state index in [-0.39, 0.29) is 5.41 Å². The maximum Gasteiger partial charge on any atom is 0.122 e. The molecule has 2 aromatic carbocycles. The van der Waals surface area contributed by atoms with Crippen molar-refractivity contribution in [2.75, 3.05) is 14.2 Å². The molecular formula is C23H22N4O2. The molecule has 0 N–H and O–H groups in total. The highest BCUT2D eigenvalue weighted by molar-refractivity contribution is 5.78. The quantitative estimate of drug-likeness (QED) is 0.516. The maximum absolute atomic E-state index is 5.48. The molecule has 0 bridgehead atoms. The second kappa shape index (κ2) is 6.58. The molecule has 29 heavy (non-hydrogen) atoms. The van der Waals surface area contributed by atoms with Crippen molar-refractivity contribution < 1.29 is 9.47 Å². The van der Waals surface area contributed by atoms with Crippen molar-refractivity contribution in [2.24, 2.45) is 7.05 Å². The Hall–Kier alpha value is -3.41. The molecular weight excluding hydrogens is 364 g/mol. The van der Waals surface area contributed by atoms with Gasteiger partial charge in [0.1, 0.15) is 11.5 Å². The summed E-state index contributed by atoms with van der Waals surface area (Å²) in [5.41, 5.74) is 6.01. The minimum Gasteiger partial charge on any atom is -0.497 e. The van der Waals surface area contributed by atoms with Crippen LogP contribution >= 0.6 is 0 Å². The number of benzene rings is 2. The molecule has 0 unspecified atom stereocenters. The van der Waals surface area contributed by atoms with Crippen LogP contribution in [0.15, 0.2) is 55.0 Å². The van der Waals surface area contributed by atoms with Crippen LogP contribution in [-0.4, -0.2) is 34.0 Å². The monoisotopic (exact) mass is 386 g/mol. The van der Waals surface area contributed by atoms with E-state index in [2.05, 4.69) is 40.4 Å². The molecule has 4 aromatic rings. The van der Waals surface area contributed by atoms with Gasteiger partial charge in [-0.25, -0.2) is 4.98 Å². The van der Waals surface area contributed by atoms with E-state index < -0.39 is 0 Å². The van der Waals surface area contributed by atoms with Gasteiger partial charge in [0.05, 0.1) is 43.3 Å². The lowest BCUT2D eigenvalue weighted by molar-refractivity contribution is 0.393. The molecule has 2 aromatic heterocycles. The molecule has 0 aliphatic heterocycles. The van der Waals surface area contributed by atoms with Crippen LogP contribution in [0.3, 0.4) is 0 Å². The zero-order chi connectivity index (χ0) is 20.0. The zero-order valence-corrected chi connectivity index (χ0v) is 16.7. The molecule has 0 saturated heterocycles. The molecule has 1 aliphatic carbocycles. The van der Waals surface area contributed by atoms with Gasteiger partial charge in [-0.3, -0.25) is 9.67 Å². The van der Waals surface area contributed by atoms with Gasteiger partial charge < -0.3 is 9.47 Å². The number of aryl methyl sites for hydroxylation is 1. The van der Waals surface area contributed by atoms with Gasteiger partial charge in [-0.15, -0.1) is 0 Å². The summed E-state index contributed by atoms with van der Waals surface area (Å²) in [4.78, 5) is 9.45. The van der Waals surface area contributed by atoms with Crippen LogP contribution in [0.5, 0.6) is 11.5 Å². The second-order valence-electron chi connectivity index (χ2n) is 7.54. The molecule has 0 atom stereocenters. The van der Waals surface area contributed by atoms with Gasteiger partial charge in [-0.05, 0) is 48.2 Å². The zero-order valence-electron chi connectivity index (χ0n) is 16.7. The van der Waals surface area contributed by atoms with Gasteiger partial charge in [0, 0.05) is 30.3 Å². The van der Waals surface area contributed by atoms with Crippen LogP contribution in [0.2, 0.25) is 0 Å². The summed E-state index contributed by atoms with van der Waals surface area (Å²) in [6, 6.07) is 12.5. The van der Waals surface area contributed by atoms with E-state index >= 15 is 0 Å². The fourth-order valence-corrected chi connectivity index (χ4v) is 3.95. The number of ether oxygens (including phenoxy) is 2. The van der Waals surface area contributed by atoms with Crippen LogP contribution in [0.25, 0.3) is 22.3 Å². The number of hydrogen-bond acceptors (Lipinski definition) is 5. The van der Waals surface area contributed by atoms with Crippen molar-refractivity contribution in [3.8, 4) is 22.8 Å². The molecule has 6 nitrogen and oxygen atoms in total. The molecule has 1 fully saturated rings. The average Bonchev–Trinajstić information content (AvgIpc) is 3.47. The predicted molar refractivity (Wildman–Crippen MR) is 111 cm³/mol. The van der Waals surface area contributed by atoms with Crippen LogP contribution in [0, 0.1) is 0 Å². The van der Waals surface area contributed by atoms with Gasteiger partial charge in [0.2, 0.25) is 0 Å². The SMILES string of the molecule is COc1cc(OC)cc(C2(c3ccc4ncc(-c5cnn(C)c5)nc4c3)CC2)c1. The van der Waals surface area contributed by atoms with Crippen molar-refractivity contribution in [1.82, 2.24) is 19.7 Å². The number of fused-ring (bicyclic) bond motifs is 1. The van der Waals surface area contributed by atoms with Crippen molar-refractivity contribution in [3.05, 3.63) is 66.1 Å². The first-order valence-electron chi connectivity index (χ1n) is 9.61. The summed E-state index contributed by atoms with van der Waals surface area (Å²) in [7, 11) is 5.27. The fraction of sp³-hybridized carbons (Fsp3) is 0.261. The van der Waals surface area contributed by atoms with E-state index in [9.17, 15) is 0 Å². The highest BCUT2D eigenvalue weighted by Crippen LogP contribution is 2.55. The second-order valence-corrected chi connectivity index (χ2v) is 7.54. The van der Waals surface area contributed by atoms with Crippen molar-refractivity contribution in [3.63, 3.8) is 0 Å². The molecule has 2 heterocycles. The summed E-state index contributed by atoms with van der Waals surface area (Å²) >= 11 is 0. The maximum atomic E-state index is 5.48. The van der Waals surface area contributed by atoms with Crippen molar-refractivity contribution in [2.45, 2.75) is 18.3 Å². The lowest BCUT2D eigenvalue weighted by atomic mass is 9.87. The minimum atomic E-state index is -0.0258. The van der Waals surface area contributed by atoms with E-state index in [0.29, 0.717) is 0 Å². The summed E-state index contributed by atoms with van der Waals surface area (Å²) in [6.07, 6.45) is 7.74. The van der Waals surface area contributed by atoms with Gasteiger partial charge in [-0.1, -0.05) is 6.07 Å². The third-order valence-corrected chi connectivity index (χ3v) is 5.75. The smallest absolute Gasteiger partial charge is 0.122 e. The van der Waals surface area contributed by atoms with E-state index in [1.165, 1.54) is 11.1 Å². The first-order valence-corrected chi connectivity index (χ1v) is 9.61. The van der Waals surface area contributed by atoms with E-state index in [0.717, 1.165) is 46.6 Å². The Kier molecular flexibility index (Phi) is 4.01. The Balaban J connectivity index is 1.59. The third-order valence-electron chi connectivity index (χ3n) is 5.75. The first kappa shape index (κ1) is 17.7. The molecule has 6 heteroatoms. The molecule has 0 amide bonds. The largest absolute Gasteiger partial charge is 0.497 e. The molecule has 1 aliphatic rings. The van der Waals surface area contributed by atoms with E-state index in [4.69, 9.17) is 14.5 Å². The van der Waals surface area contributed by atoms with Gasteiger partial charge in [-0.2, -0.15) is 5.10 Å². The third kappa shape index (κ3) is 3.01. The Bertz CT molecular complexity index is 1190. The number of rotatable bonds is 5. The van der Waals surface area contributed by atoms with Crippen LogP contribution in [0.1, 0.15) is 24.0 Å². The van der Waals surface area contributed by atoms with Gasteiger partial charge in [0.15, 0.2) is 0 Å². The Morgan fingerprint density at radius 3 is 2.28 bits per heavy atom. The van der Waals surface area contributed by atoms with Crippen LogP contribution < -0.4 is 9.47 Å².